The molecule has 174 valence electrons. The summed E-state index contributed by atoms with van der Waals surface area (Å²) >= 11 is 0. The molecule has 0 radical (unpaired) electrons. The van der Waals surface area contributed by atoms with Gasteiger partial charge >= 0.3 is 5.97 Å². The van der Waals surface area contributed by atoms with Crippen LogP contribution in [0.5, 0.6) is 5.75 Å². The molecule has 2 heterocycles. The van der Waals surface area contributed by atoms with E-state index in [1.54, 1.807) is 13.3 Å². The van der Waals surface area contributed by atoms with Crippen molar-refractivity contribution in [3.63, 3.8) is 0 Å². The highest BCUT2D eigenvalue weighted by Gasteiger charge is 2.32. The van der Waals surface area contributed by atoms with Gasteiger partial charge in [-0.15, -0.1) is 0 Å². The maximum Gasteiger partial charge on any atom is 0.325 e. The standard InChI is InChI=1S/C25H30N4O4/c1-16(2)24(30)27-17-7-8-20-21(15-26-22(20)13-17)23(25(31)32)29-11-9-28(10-12-29)18-5-4-6-19(14-18)33-3/h4-8,13-16,23,26H,9-12H2,1-3H3,(H,27,30)(H,31,32)/t23-/m0/s1. The molecule has 3 N–H and O–H groups in total. The van der Waals surface area contributed by atoms with Crippen LogP contribution in [0, 0.1) is 5.92 Å². The van der Waals surface area contributed by atoms with Crippen molar-refractivity contribution < 1.29 is 19.4 Å². The minimum Gasteiger partial charge on any atom is -0.497 e. The molecule has 0 aliphatic carbocycles. The second kappa shape index (κ2) is 9.54. The number of benzene rings is 2. The number of nitrogens with one attached hydrogen (secondary N) is 2. The minimum absolute atomic E-state index is 0.0570. The SMILES string of the molecule is COc1cccc(N2CCN([C@H](C(=O)O)c3c[nH]c4cc(NC(=O)C(C)C)ccc34)CC2)c1. The number of nitrogens with zero attached hydrogens (tertiary/aromatic N) is 2. The van der Waals surface area contributed by atoms with E-state index in [1.165, 1.54) is 0 Å². The van der Waals surface area contributed by atoms with E-state index < -0.39 is 12.0 Å². The van der Waals surface area contributed by atoms with Gasteiger partial charge in [-0.25, -0.2) is 0 Å². The van der Waals surface area contributed by atoms with Crippen LogP contribution in [0.15, 0.2) is 48.7 Å². The Kier molecular flexibility index (Phi) is 6.55. The maximum absolute atomic E-state index is 12.3. The smallest absolute Gasteiger partial charge is 0.325 e. The van der Waals surface area contributed by atoms with Crippen LogP contribution in [-0.4, -0.2) is 60.2 Å². The van der Waals surface area contributed by atoms with Crippen LogP contribution in [0.4, 0.5) is 11.4 Å². The Labute approximate surface area is 193 Å². The van der Waals surface area contributed by atoms with Gasteiger partial charge in [0.15, 0.2) is 0 Å². The molecular formula is C25H30N4O4. The van der Waals surface area contributed by atoms with Crippen LogP contribution in [0.25, 0.3) is 10.9 Å². The molecule has 33 heavy (non-hydrogen) atoms. The monoisotopic (exact) mass is 450 g/mol. The number of carbonyl (C=O) groups is 2. The zero-order valence-electron chi connectivity index (χ0n) is 19.2. The van der Waals surface area contributed by atoms with E-state index in [9.17, 15) is 14.7 Å². The highest BCUT2D eigenvalue weighted by molar-refractivity contribution is 5.96. The fraction of sp³-hybridized carbons (Fsp3) is 0.360. The predicted molar refractivity (Wildman–Crippen MR) is 129 cm³/mol. The van der Waals surface area contributed by atoms with Crippen LogP contribution < -0.4 is 15.0 Å². The number of aromatic nitrogens is 1. The summed E-state index contributed by atoms with van der Waals surface area (Å²) in [7, 11) is 1.65. The molecule has 2 aromatic carbocycles. The molecule has 1 aliphatic rings. The summed E-state index contributed by atoms with van der Waals surface area (Å²) in [5.74, 6) is -0.241. The normalized spacial score (nSPS) is 15.6. The molecule has 0 unspecified atom stereocenters. The first kappa shape index (κ1) is 22.7. The molecule has 0 spiro atoms. The first-order valence-corrected chi connectivity index (χ1v) is 11.1. The summed E-state index contributed by atoms with van der Waals surface area (Å²) in [5, 5.41) is 13.8. The third kappa shape index (κ3) is 4.80. The number of aromatic amines is 1. The lowest BCUT2D eigenvalue weighted by molar-refractivity contribution is -0.143. The number of rotatable bonds is 7. The van der Waals surface area contributed by atoms with E-state index >= 15 is 0 Å². The van der Waals surface area contributed by atoms with Crippen LogP contribution in [0.3, 0.4) is 0 Å². The third-order valence-corrected chi connectivity index (χ3v) is 6.13. The van der Waals surface area contributed by atoms with Crippen molar-refractivity contribution in [2.45, 2.75) is 19.9 Å². The minimum atomic E-state index is -0.872. The quantitative estimate of drug-likeness (QED) is 0.508. The van der Waals surface area contributed by atoms with E-state index in [0.717, 1.165) is 41.0 Å². The summed E-state index contributed by atoms with van der Waals surface area (Å²) in [4.78, 5) is 31.8. The van der Waals surface area contributed by atoms with E-state index in [1.807, 2.05) is 61.2 Å². The van der Waals surface area contributed by atoms with Gasteiger partial charge in [0, 0.05) is 72.2 Å². The second-order valence-electron chi connectivity index (χ2n) is 8.61. The van der Waals surface area contributed by atoms with Crippen LogP contribution in [0.1, 0.15) is 25.5 Å². The third-order valence-electron chi connectivity index (χ3n) is 6.13. The lowest BCUT2D eigenvalue weighted by atomic mass is 10.0. The molecule has 3 aromatic rings. The first-order chi connectivity index (χ1) is 15.9. The van der Waals surface area contributed by atoms with E-state index in [-0.39, 0.29) is 11.8 Å². The summed E-state index contributed by atoms with van der Waals surface area (Å²) in [6.07, 6.45) is 1.77. The molecule has 1 aliphatic heterocycles. The van der Waals surface area contributed by atoms with Gasteiger partial charge in [-0.1, -0.05) is 26.0 Å². The summed E-state index contributed by atoms with van der Waals surface area (Å²) in [6.45, 7) is 6.39. The summed E-state index contributed by atoms with van der Waals surface area (Å²) in [6, 6.07) is 12.7. The molecule has 8 nitrogen and oxygen atoms in total. The van der Waals surface area contributed by atoms with Crippen LogP contribution in [-0.2, 0) is 9.59 Å². The highest BCUT2D eigenvalue weighted by Crippen LogP contribution is 2.32. The Balaban J connectivity index is 1.52. The van der Waals surface area contributed by atoms with E-state index in [0.29, 0.717) is 18.8 Å². The Hall–Kier alpha value is -3.52. The van der Waals surface area contributed by atoms with Gasteiger partial charge in [-0.2, -0.15) is 0 Å². The number of carboxylic acid groups (broad SMARTS) is 1. The number of anilines is 2. The fourth-order valence-corrected chi connectivity index (χ4v) is 4.27. The molecule has 1 saturated heterocycles. The van der Waals surface area contributed by atoms with Crippen molar-refractivity contribution in [2.24, 2.45) is 5.92 Å². The Morgan fingerprint density at radius 1 is 1.09 bits per heavy atom. The summed E-state index contributed by atoms with van der Waals surface area (Å²) < 4.78 is 5.33. The van der Waals surface area contributed by atoms with Gasteiger partial charge in [0.25, 0.3) is 0 Å². The number of carbonyl (C=O) groups excluding carboxylic acids is 1. The van der Waals surface area contributed by atoms with Crippen molar-refractivity contribution in [3.8, 4) is 5.75 Å². The first-order valence-electron chi connectivity index (χ1n) is 11.1. The Morgan fingerprint density at radius 2 is 1.85 bits per heavy atom. The average Bonchev–Trinajstić information content (AvgIpc) is 3.22. The number of hydrogen-bond acceptors (Lipinski definition) is 5. The largest absolute Gasteiger partial charge is 0.497 e. The van der Waals surface area contributed by atoms with Crippen molar-refractivity contribution in [1.29, 1.82) is 0 Å². The van der Waals surface area contributed by atoms with Gasteiger partial charge in [0.2, 0.25) is 5.91 Å². The predicted octanol–water partition coefficient (Wildman–Crippen LogP) is 3.72. The van der Waals surface area contributed by atoms with Gasteiger partial charge in [-0.05, 0) is 24.3 Å². The van der Waals surface area contributed by atoms with Gasteiger partial charge in [-0.3, -0.25) is 14.5 Å². The lowest BCUT2D eigenvalue weighted by Crippen LogP contribution is -2.49. The average molecular weight is 451 g/mol. The highest BCUT2D eigenvalue weighted by atomic mass is 16.5. The number of aliphatic carboxylic acids is 1. The second-order valence-corrected chi connectivity index (χ2v) is 8.61. The fourth-order valence-electron chi connectivity index (χ4n) is 4.27. The Bertz CT molecular complexity index is 1150. The van der Waals surface area contributed by atoms with Crippen LogP contribution >= 0.6 is 0 Å². The van der Waals surface area contributed by atoms with Crippen molar-refractivity contribution in [1.82, 2.24) is 9.88 Å². The number of ether oxygens (including phenoxy) is 1. The molecule has 1 amide bonds. The van der Waals surface area contributed by atoms with Gasteiger partial charge in [0.05, 0.1) is 7.11 Å². The summed E-state index contributed by atoms with van der Waals surface area (Å²) in [5.41, 5.74) is 3.29. The van der Waals surface area contributed by atoms with E-state index in [2.05, 4.69) is 15.2 Å². The molecule has 1 aromatic heterocycles. The molecule has 0 saturated carbocycles. The van der Waals surface area contributed by atoms with Gasteiger partial charge in [0.1, 0.15) is 11.8 Å². The number of carboxylic acids is 1. The van der Waals surface area contributed by atoms with Crippen molar-refractivity contribution >= 4 is 34.2 Å². The Morgan fingerprint density at radius 3 is 2.52 bits per heavy atom. The number of hydrogen-bond donors (Lipinski definition) is 3. The number of piperazine rings is 1. The zero-order chi connectivity index (χ0) is 23.5. The lowest BCUT2D eigenvalue weighted by Gasteiger charge is -2.38. The molecule has 1 atom stereocenters. The van der Waals surface area contributed by atoms with Crippen molar-refractivity contribution in [3.05, 3.63) is 54.2 Å². The molecule has 4 rings (SSSR count). The number of H-pyrrole nitrogens is 1. The van der Waals surface area contributed by atoms with Crippen molar-refractivity contribution in [2.75, 3.05) is 43.5 Å². The molecule has 8 heteroatoms. The van der Waals surface area contributed by atoms with Crippen LogP contribution in [0.2, 0.25) is 0 Å². The maximum atomic E-state index is 12.3. The molecule has 0 bridgehead atoms. The number of fused-ring (bicyclic) bond motifs is 1. The topological polar surface area (TPSA) is 97.9 Å². The number of amides is 1. The van der Waals surface area contributed by atoms with Gasteiger partial charge < -0.3 is 25.0 Å². The van der Waals surface area contributed by atoms with E-state index in [4.69, 9.17) is 4.74 Å². The molecular weight excluding hydrogens is 420 g/mol. The zero-order valence-corrected chi connectivity index (χ0v) is 19.2. The number of methoxy groups -OCH3 is 1. The molecule has 1 fully saturated rings.